The lowest BCUT2D eigenvalue weighted by atomic mass is 10.1. The standard InChI is InChI=1S/C12H14N2S/c1-9-4-5-12-11(7-9)14-10(8-15-12)3-2-6-13/h4-5,7,10,14H,2-3,8H2,1H3. The Hall–Kier alpha value is -1.14. The summed E-state index contributed by atoms with van der Waals surface area (Å²) in [6.07, 6.45) is 1.58. The molecule has 1 aromatic rings. The van der Waals surface area contributed by atoms with E-state index in [4.69, 9.17) is 5.26 Å². The van der Waals surface area contributed by atoms with E-state index < -0.39 is 0 Å². The molecule has 1 aliphatic rings. The van der Waals surface area contributed by atoms with Crippen molar-refractivity contribution in [3.63, 3.8) is 0 Å². The number of benzene rings is 1. The predicted octanol–water partition coefficient (Wildman–Crippen LogP) is 3.19. The molecule has 15 heavy (non-hydrogen) atoms. The highest BCUT2D eigenvalue weighted by Gasteiger charge is 2.17. The number of hydrogen-bond donors (Lipinski definition) is 1. The Morgan fingerprint density at radius 3 is 3.27 bits per heavy atom. The van der Waals surface area contributed by atoms with Crippen LogP contribution < -0.4 is 5.32 Å². The van der Waals surface area contributed by atoms with Crippen LogP contribution in [-0.4, -0.2) is 11.8 Å². The lowest BCUT2D eigenvalue weighted by Crippen LogP contribution is -2.25. The van der Waals surface area contributed by atoms with E-state index in [-0.39, 0.29) is 0 Å². The van der Waals surface area contributed by atoms with Crippen LogP contribution in [0.25, 0.3) is 0 Å². The SMILES string of the molecule is Cc1ccc2c(c1)NC(CCC#N)CS2. The van der Waals surface area contributed by atoms with Gasteiger partial charge in [-0.25, -0.2) is 0 Å². The molecule has 0 radical (unpaired) electrons. The number of thioether (sulfide) groups is 1. The first kappa shape index (κ1) is 10.4. The molecule has 1 aromatic carbocycles. The normalized spacial score (nSPS) is 18.8. The smallest absolute Gasteiger partial charge is 0.0622 e. The molecule has 2 rings (SSSR count). The van der Waals surface area contributed by atoms with Gasteiger partial charge in [0.2, 0.25) is 0 Å². The Kier molecular flexibility index (Phi) is 3.17. The van der Waals surface area contributed by atoms with Gasteiger partial charge >= 0.3 is 0 Å². The fraction of sp³-hybridized carbons (Fsp3) is 0.417. The van der Waals surface area contributed by atoms with Gasteiger partial charge in [0.05, 0.1) is 6.07 Å². The topological polar surface area (TPSA) is 35.8 Å². The molecule has 1 N–H and O–H groups in total. The van der Waals surface area contributed by atoms with Crippen molar-refractivity contribution in [1.82, 2.24) is 0 Å². The predicted molar refractivity (Wildman–Crippen MR) is 64.2 cm³/mol. The van der Waals surface area contributed by atoms with E-state index in [1.54, 1.807) is 0 Å². The molecule has 0 amide bonds. The third-order valence-electron chi connectivity index (χ3n) is 2.54. The van der Waals surface area contributed by atoms with Crippen molar-refractivity contribution < 1.29 is 0 Å². The summed E-state index contributed by atoms with van der Waals surface area (Å²) >= 11 is 1.88. The van der Waals surface area contributed by atoms with Crippen molar-refractivity contribution in [3.05, 3.63) is 23.8 Å². The molecular formula is C12H14N2S. The summed E-state index contributed by atoms with van der Waals surface area (Å²) in [6, 6.07) is 9.14. The van der Waals surface area contributed by atoms with Crippen molar-refractivity contribution in [2.45, 2.75) is 30.7 Å². The first-order chi connectivity index (χ1) is 7.29. The van der Waals surface area contributed by atoms with Crippen molar-refractivity contribution in [2.75, 3.05) is 11.1 Å². The number of fused-ring (bicyclic) bond motifs is 1. The molecular weight excluding hydrogens is 204 g/mol. The van der Waals surface area contributed by atoms with E-state index >= 15 is 0 Å². The summed E-state index contributed by atoms with van der Waals surface area (Å²) in [6.45, 7) is 2.10. The number of aryl methyl sites for hydroxylation is 1. The average Bonchev–Trinajstić information content (AvgIpc) is 2.25. The van der Waals surface area contributed by atoms with Gasteiger partial charge in [-0.2, -0.15) is 5.26 Å². The van der Waals surface area contributed by atoms with Gasteiger partial charge in [-0.3, -0.25) is 0 Å². The van der Waals surface area contributed by atoms with E-state index in [0.29, 0.717) is 12.5 Å². The van der Waals surface area contributed by atoms with E-state index in [9.17, 15) is 0 Å². The minimum Gasteiger partial charge on any atom is -0.381 e. The Morgan fingerprint density at radius 2 is 2.47 bits per heavy atom. The molecule has 0 spiro atoms. The minimum absolute atomic E-state index is 0.448. The van der Waals surface area contributed by atoms with Crippen LogP contribution in [0.2, 0.25) is 0 Å². The average molecular weight is 218 g/mol. The van der Waals surface area contributed by atoms with Crippen LogP contribution in [0.1, 0.15) is 18.4 Å². The molecule has 0 saturated carbocycles. The molecule has 2 nitrogen and oxygen atoms in total. The Morgan fingerprint density at radius 1 is 1.60 bits per heavy atom. The van der Waals surface area contributed by atoms with Crippen LogP contribution in [0, 0.1) is 18.3 Å². The van der Waals surface area contributed by atoms with Gasteiger partial charge in [-0.05, 0) is 31.0 Å². The fourth-order valence-corrected chi connectivity index (χ4v) is 2.80. The number of nitrogens with zero attached hydrogens (tertiary/aromatic N) is 1. The first-order valence-corrected chi connectivity index (χ1v) is 6.15. The summed E-state index contributed by atoms with van der Waals surface area (Å²) in [5, 5.41) is 12.1. The van der Waals surface area contributed by atoms with Crippen molar-refractivity contribution >= 4 is 17.4 Å². The van der Waals surface area contributed by atoms with Gasteiger partial charge in [0.1, 0.15) is 0 Å². The molecule has 1 atom stereocenters. The maximum atomic E-state index is 8.55. The Bertz CT molecular complexity index is 395. The van der Waals surface area contributed by atoms with E-state index in [0.717, 1.165) is 12.2 Å². The van der Waals surface area contributed by atoms with Crippen LogP contribution in [0.15, 0.2) is 23.1 Å². The number of nitrogens with one attached hydrogen (secondary N) is 1. The fourth-order valence-electron chi connectivity index (χ4n) is 1.73. The van der Waals surface area contributed by atoms with Crippen molar-refractivity contribution in [3.8, 4) is 6.07 Å². The van der Waals surface area contributed by atoms with Gasteiger partial charge in [0.15, 0.2) is 0 Å². The zero-order valence-corrected chi connectivity index (χ0v) is 9.60. The van der Waals surface area contributed by atoms with Gasteiger partial charge in [0.25, 0.3) is 0 Å². The van der Waals surface area contributed by atoms with Gasteiger partial charge in [-0.1, -0.05) is 6.07 Å². The van der Waals surface area contributed by atoms with E-state index in [1.807, 2.05) is 11.8 Å². The summed E-state index contributed by atoms with van der Waals surface area (Å²) in [7, 11) is 0. The van der Waals surface area contributed by atoms with Gasteiger partial charge < -0.3 is 5.32 Å². The first-order valence-electron chi connectivity index (χ1n) is 5.16. The zero-order chi connectivity index (χ0) is 10.7. The Labute approximate surface area is 94.7 Å². The molecule has 78 valence electrons. The van der Waals surface area contributed by atoms with Gasteiger partial charge in [0, 0.05) is 28.8 Å². The number of anilines is 1. The molecule has 1 heterocycles. The number of rotatable bonds is 2. The monoisotopic (exact) mass is 218 g/mol. The lowest BCUT2D eigenvalue weighted by molar-refractivity contribution is 0.724. The summed E-state index contributed by atoms with van der Waals surface area (Å²) in [5.74, 6) is 1.07. The molecule has 3 heteroatoms. The quantitative estimate of drug-likeness (QED) is 0.828. The largest absolute Gasteiger partial charge is 0.381 e. The second kappa shape index (κ2) is 4.59. The molecule has 0 bridgehead atoms. The summed E-state index contributed by atoms with van der Waals surface area (Å²) in [5.41, 5.74) is 2.51. The second-order valence-electron chi connectivity index (χ2n) is 3.85. The summed E-state index contributed by atoms with van der Waals surface area (Å²) < 4.78 is 0. The molecule has 0 saturated heterocycles. The van der Waals surface area contributed by atoms with Crippen LogP contribution >= 0.6 is 11.8 Å². The van der Waals surface area contributed by atoms with Crippen molar-refractivity contribution in [1.29, 1.82) is 5.26 Å². The second-order valence-corrected chi connectivity index (χ2v) is 4.91. The van der Waals surface area contributed by atoms with Crippen molar-refractivity contribution in [2.24, 2.45) is 0 Å². The minimum atomic E-state index is 0.448. The third kappa shape index (κ3) is 2.45. The zero-order valence-electron chi connectivity index (χ0n) is 8.79. The maximum absolute atomic E-state index is 8.55. The third-order valence-corrected chi connectivity index (χ3v) is 3.78. The van der Waals surface area contributed by atoms with Crippen LogP contribution in [0.5, 0.6) is 0 Å². The van der Waals surface area contributed by atoms with Gasteiger partial charge in [-0.15, -0.1) is 11.8 Å². The molecule has 1 aliphatic heterocycles. The van der Waals surface area contributed by atoms with E-state index in [1.165, 1.54) is 16.1 Å². The van der Waals surface area contributed by atoms with Crippen LogP contribution in [-0.2, 0) is 0 Å². The number of hydrogen-bond acceptors (Lipinski definition) is 3. The summed E-state index contributed by atoms with van der Waals surface area (Å²) in [4.78, 5) is 1.33. The highest BCUT2D eigenvalue weighted by molar-refractivity contribution is 7.99. The van der Waals surface area contributed by atoms with Crippen LogP contribution in [0.4, 0.5) is 5.69 Å². The highest BCUT2D eigenvalue weighted by atomic mass is 32.2. The van der Waals surface area contributed by atoms with E-state index in [2.05, 4.69) is 36.5 Å². The lowest BCUT2D eigenvalue weighted by Gasteiger charge is -2.26. The molecule has 0 aliphatic carbocycles. The van der Waals surface area contributed by atoms with Crippen LogP contribution in [0.3, 0.4) is 0 Å². The molecule has 0 fully saturated rings. The Balaban J connectivity index is 2.09. The molecule has 0 aromatic heterocycles. The molecule has 1 unspecified atom stereocenters. The maximum Gasteiger partial charge on any atom is 0.0622 e. The highest BCUT2D eigenvalue weighted by Crippen LogP contribution is 2.34. The number of nitriles is 1.